The van der Waals surface area contributed by atoms with Crippen molar-refractivity contribution in [3.05, 3.63) is 35.9 Å². The van der Waals surface area contributed by atoms with Gasteiger partial charge in [0.2, 0.25) is 11.8 Å². The molecule has 25 heavy (non-hydrogen) atoms. The molecule has 5 nitrogen and oxygen atoms in total. The number of rotatable bonds is 4. The molecule has 3 rings (SSSR count). The summed E-state index contributed by atoms with van der Waals surface area (Å²) in [4.78, 5) is 28.7. The van der Waals surface area contributed by atoms with Crippen molar-refractivity contribution < 1.29 is 9.59 Å². The van der Waals surface area contributed by atoms with Gasteiger partial charge in [0.1, 0.15) is 0 Å². The molecule has 2 fully saturated rings. The summed E-state index contributed by atoms with van der Waals surface area (Å²) < 4.78 is 0. The zero-order chi connectivity index (χ0) is 16.9. The number of benzene rings is 1. The second-order valence-corrected chi connectivity index (χ2v) is 6.92. The Hall–Kier alpha value is -1.59. The first-order valence-electron chi connectivity index (χ1n) is 8.98. The number of hydrogen-bond acceptors (Lipinski definition) is 3. The van der Waals surface area contributed by atoms with Gasteiger partial charge in [0.05, 0.1) is 6.54 Å². The van der Waals surface area contributed by atoms with Crippen LogP contribution in [0.5, 0.6) is 0 Å². The summed E-state index contributed by atoms with van der Waals surface area (Å²) in [6.07, 6.45) is 2.52. The van der Waals surface area contributed by atoms with Crippen LogP contribution < -0.4 is 5.32 Å². The highest BCUT2D eigenvalue weighted by Crippen LogP contribution is 2.22. The summed E-state index contributed by atoms with van der Waals surface area (Å²) in [5.74, 6) is 0.594. The van der Waals surface area contributed by atoms with Crippen LogP contribution in [0.3, 0.4) is 0 Å². The van der Waals surface area contributed by atoms with E-state index in [-0.39, 0.29) is 36.2 Å². The molecule has 0 bridgehead atoms. The number of nitrogens with zero attached hydrogens (tertiary/aromatic N) is 2. The van der Waals surface area contributed by atoms with E-state index < -0.39 is 0 Å². The minimum atomic E-state index is 0. The van der Waals surface area contributed by atoms with Crippen molar-refractivity contribution in [2.45, 2.75) is 38.1 Å². The number of likely N-dealkylation sites (tertiary alicyclic amines) is 1. The quantitative estimate of drug-likeness (QED) is 0.888. The lowest BCUT2D eigenvalue weighted by molar-refractivity contribution is -0.140. The van der Waals surface area contributed by atoms with Gasteiger partial charge in [0.25, 0.3) is 0 Å². The van der Waals surface area contributed by atoms with Gasteiger partial charge in [-0.05, 0) is 24.3 Å². The van der Waals surface area contributed by atoms with Crippen LogP contribution in [0.15, 0.2) is 30.3 Å². The maximum absolute atomic E-state index is 12.7. The molecule has 6 heteroatoms. The lowest BCUT2D eigenvalue weighted by atomic mass is 9.96. The first-order valence-corrected chi connectivity index (χ1v) is 8.98. The molecule has 1 aromatic carbocycles. The van der Waals surface area contributed by atoms with Crippen LogP contribution in [0.4, 0.5) is 0 Å². The van der Waals surface area contributed by atoms with Crippen molar-refractivity contribution in [2.24, 2.45) is 0 Å². The standard InChI is InChI=1S/C19H27N3O2.ClH/c1-15(16-6-3-2-4-7-16)12-18(23)21-10-5-8-17(14-21)22-11-9-20-13-19(22)24;/h2-4,6-7,15,17,20H,5,8-14H2,1H3;1H. The normalized spacial score (nSPS) is 22.3. The third-order valence-electron chi connectivity index (χ3n) is 5.17. The SMILES string of the molecule is CC(CC(=O)N1CCCC(N2CCNCC2=O)C1)c1ccccc1.Cl. The van der Waals surface area contributed by atoms with Crippen molar-refractivity contribution in [3.63, 3.8) is 0 Å². The summed E-state index contributed by atoms with van der Waals surface area (Å²) in [5, 5.41) is 3.11. The van der Waals surface area contributed by atoms with Gasteiger partial charge < -0.3 is 15.1 Å². The van der Waals surface area contributed by atoms with Crippen LogP contribution in [0.1, 0.15) is 37.7 Å². The van der Waals surface area contributed by atoms with Gasteiger partial charge in [-0.25, -0.2) is 0 Å². The number of amides is 2. The minimum absolute atomic E-state index is 0. The molecule has 0 aliphatic carbocycles. The molecular formula is C19H28ClN3O2. The fourth-order valence-corrected chi connectivity index (χ4v) is 3.73. The molecule has 1 N–H and O–H groups in total. The van der Waals surface area contributed by atoms with Crippen LogP contribution in [0, 0.1) is 0 Å². The van der Waals surface area contributed by atoms with E-state index >= 15 is 0 Å². The maximum atomic E-state index is 12.7. The third-order valence-corrected chi connectivity index (χ3v) is 5.17. The van der Waals surface area contributed by atoms with E-state index in [0.717, 1.165) is 32.5 Å². The van der Waals surface area contributed by atoms with Crippen LogP contribution in [0.25, 0.3) is 0 Å². The number of piperidine rings is 1. The largest absolute Gasteiger partial charge is 0.341 e. The first-order chi connectivity index (χ1) is 11.6. The van der Waals surface area contributed by atoms with Gasteiger partial charge in [-0.1, -0.05) is 37.3 Å². The van der Waals surface area contributed by atoms with Gasteiger partial charge in [0.15, 0.2) is 0 Å². The van der Waals surface area contributed by atoms with Crippen LogP contribution >= 0.6 is 12.4 Å². The Morgan fingerprint density at radius 2 is 2.04 bits per heavy atom. The predicted octanol–water partition coefficient (Wildman–Crippen LogP) is 2.02. The molecule has 2 atom stereocenters. The summed E-state index contributed by atoms with van der Waals surface area (Å²) >= 11 is 0. The molecule has 0 saturated carbocycles. The van der Waals surface area contributed by atoms with E-state index in [0.29, 0.717) is 19.5 Å². The van der Waals surface area contributed by atoms with Gasteiger partial charge >= 0.3 is 0 Å². The van der Waals surface area contributed by atoms with E-state index in [2.05, 4.69) is 24.4 Å². The topological polar surface area (TPSA) is 52.7 Å². The molecule has 2 amide bonds. The average Bonchev–Trinajstić information content (AvgIpc) is 2.63. The highest BCUT2D eigenvalue weighted by Gasteiger charge is 2.31. The smallest absolute Gasteiger partial charge is 0.236 e. The Labute approximate surface area is 156 Å². The molecule has 0 radical (unpaired) electrons. The molecule has 0 spiro atoms. The molecule has 0 aromatic heterocycles. The molecule has 2 saturated heterocycles. The monoisotopic (exact) mass is 365 g/mol. The Bertz CT molecular complexity index is 581. The number of halogens is 1. The third kappa shape index (κ3) is 4.95. The average molecular weight is 366 g/mol. The van der Waals surface area contributed by atoms with Crippen molar-refractivity contribution in [1.29, 1.82) is 0 Å². The van der Waals surface area contributed by atoms with Gasteiger partial charge in [-0.15, -0.1) is 12.4 Å². The van der Waals surface area contributed by atoms with Gasteiger partial charge in [-0.3, -0.25) is 9.59 Å². The second-order valence-electron chi connectivity index (χ2n) is 6.92. The highest BCUT2D eigenvalue weighted by atomic mass is 35.5. The van der Waals surface area contributed by atoms with E-state index in [1.54, 1.807) is 0 Å². The Kier molecular flexibility index (Phi) is 7.26. The van der Waals surface area contributed by atoms with Gasteiger partial charge in [0, 0.05) is 38.6 Å². The molecule has 2 unspecified atom stereocenters. The fourth-order valence-electron chi connectivity index (χ4n) is 3.73. The number of carbonyl (C=O) groups is 2. The predicted molar refractivity (Wildman–Crippen MR) is 101 cm³/mol. The van der Waals surface area contributed by atoms with E-state index in [4.69, 9.17) is 0 Å². The van der Waals surface area contributed by atoms with E-state index in [1.807, 2.05) is 28.0 Å². The molecule has 2 heterocycles. The maximum Gasteiger partial charge on any atom is 0.236 e. The van der Waals surface area contributed by atoms with Crippen LogP contribution in [0.2, 0.25) is 0 Å². The highest BCUT2D eigenvalue weighted by molar-refractivity contribution is 5.85. The van der Waals surface area contributed by atoms with Crippen molar-refractivity contribution in [3.8, 4) is 0 Å². The zero-order valence-corrected chi connectivity index (χ0v) is 15.6. The lowest BCUT2D eigenvalue weighted by Gasteiger charge is -2.41. The molecular weight excluding hydrogens is 338 g/mol. The molecule has 2 aliphatic heterocycles. The summed E-state index contributed by atoms with van der Waals surface area (Å²) in [5.41, 5.74) is 1.21. The summed E-state index contributed by atoms with van der Waals surface area (Å²) in [6, 6.07) is 10.4. The van der Waals surface area contributed by atoms with Crippen molar-refractivity contribution in [2.75, 3.05) is 32.7 Å². The van der Waals surface area contributed by atoms with E-state index in [1.165, 1.54) is 5.56 Å². The lowest BCUT2D eigenvalue weighted by Crippen LogP contribution is -2.57. The Balaban J connectivity index is 0.00000225. The molecule has 2 aliphatic rings. The van der Waals surface area contributed by atoms with Crippen molar-refractivity contribution >= 4 is 24.2 Å². The van der Waals surface area contributed by atoms with Crippen LogP contribution in [-0.4, -0.2) is 60.4 Å². The first kappa shape index (κ1) is 19.7. The number of carbonyl (C=O) groups excluding carboxylic acids is 2. The van der Waals surface area contributed by atoms with Gasteiger partial charge in [-0.2, -0.15) is 0 Å². The summed E-state index contributed by atoms with van der Waals surface area (Å²) in [6.45, 7) is 5.64. The van der Waals surface area contributed by atoms with Crippen molar-refractivity contribution in [1.82, 2.24) is 15.1 Å². The van der Waals surface area contributed by atoms with Crippen LogP contribution in [-0.2, 0) is 9.59 Å². The summed E-state index contributed by atoms with van der Waals surface area (Å²) in [7, 11) is 0. The molecule has 1 aromatic rings. The Morgan fingerprint density at radius 1 is 1.28 bits per heavy atom. The Morgan fingerprint density at radius 3 is 2.76 bits per heavy atom. The second kappa shape index (κ2) is 9.20. The number of piperazine rings is 1. The minimum Gasteiger partial charge on any atom is -0.341 e. The number of hydrogen-bond donors (Lipinski definition) is 1. The number of nitrogens with one attached hydrogen (secondary N) is 1. The molecule has 138 valence electrons. The van der Waals surface area contributed by atoms with E-state index in [9.17, 15) is 9.59 Å². The zero-order valence-electron chi connectivity index (χ0n) is 14.8. The fraction of sp³-hybridized carbons (Fsp3) is 0.579.